The standard InChI is InChI=1S/C18H21N5O/c1-12(2)23-15-7-5-6-13(17(15)21-18(23)24)14-10-19-11-16(20-14)22-8-3-4-9-22/h5-7,10-12H,3-4,8-9H2,1-2H3,(H,21,24). The minimum absolute atomic E-state index is 0.0869. The Kier molecular flexibility index (Phi) is 3.59. The van der Waals surface area contributed by atoms with E-state index in [1.165, 1.54) is 12.8 Å². The number of imidazole rings is 1. The Balaban J connectivity index is 1.86. The van der Waals surface area contributed by atoms with Crippen LogP contribution in [0.1, 0.15) is 32.7 Å². The quantitative estimate of drug-likeness (QED) is 0.805. The van der Waals surface area contributed by atoms with Crippen molar-refractivity contribution in [3.63, 3.8) is 0 Å². The highest BCUT2D eigenvalue weighted by Gasteiger charge is 2.17. The second kappa shape index (κ2) is 5.78. The van der Waals surface area contributed by atoms with Crippen molar-refractivity contribution in [1.29, 1.82) is 0 Å². The summed E-state index contributed by atoms with van der Waals surface area (Å²) in [4.78, 5) is 26.7. The molecular formula is C18H21N5O. The van der Waals surface area contributed by atoms with Gasteiger partial charge in [-0.15, -0.1) is 0 Å². The lowest BCUT2D eigenvalue weighted by molar-refractivity contribution is 0.598. The predicted molar refractivity (Wildman–Crippen MR) is 95.4 cm³/mol. The maximum Gasteiger partial charge on any atom is 0.326 e. The Hall–Kier alpha value is -2.63. The van der Waals surface area contributed by atoms with Crippen LogP contribution in [0.2, 0.25) is 0 Å². The van der Waals surface area contributed by atoms with Crippen molar-refractivity contribution in [3.05, 3.63) is 41.1 Å². The highest BCUT2D eigenvalue weighted by Crippen LogP contribution is 2.28. The molecule has 6 nitrogen and oxygen atoms in total. The molecule has 1 aliphatic heterocycles. The van der Waals surface area contributed by atoms with Gasteiger partial charge in [-0.2, -0.15) is 0 Å². The van der Waals surface area contributed by atoms with Crippen LogP contribution in [0.15, 0.2) is 35.4 Å². The first kappa shape index (κ1) is 14.9. The zero-order valence-corrected chi connectivity index (χ0v) is 14.0. The molecule has 1 aromatic carbocycles. The first-order valence-corrected chi connectivity index (χ1v) is 8.46. The molecule has 0 aliphatic carbocycles. The lowest BCUT2D eigenvalue weighted by atomic mass is 10.1. The van der Waals surface area contributed by atoms with Crippen LogP contribution in [-0.2, 0) is 0 Å². The molecule has 4 rings (SSSR count). The summed E-state index contributed by atoms with van der Waals surface area (Å²) in [5.74, 6) is 0.910. The monoisotopic (exact) mass is 323 g/mol. The molecule has 0 saturated carbocycles. The van der Waals surface area contributed by atoms with Crippen molar-refractivity contribution >= 4 is 16.9 Å². The van der Waals surface area contributed by atoms with Crippen molar-refractivity contribution < 1.29 is 0 Å². The first-order valence-electron chi connectivity index (χ1n) is 8.46. The van der Waals surface area contributed by atoms with E-state index in [-0.39, 0.29) is 11.7 Å². The van der Waals surface area contributed by atoms with E-state index in [2.05, 4.69) is 14.9 Å². The number of nitrogens with zero attached hydrogens (tertiary/aromatic N) is 4. The zero-order chi connectivity index (χ0) is 16.7. The normalized spacial score (nSPS) is 14.9. The predicted octanol–water partition coefficient (Wildman–Crippen LogP) is 2.97. The van der Waals surface area contributed by atoms with Gasteiger partial charge in [0.25, 0.3) is 0 Å². The molecule has 0 spiro atoms. The molecule has 0 bridgehead atoms. The number of benzene rings is 1. The minimum Gasteiger partial charge on any atom is -0.355 e. The second-order valence-corrected chi connectivity index (χ2v) is 6.55. The molecule has 124 valence electrons. The molecule has 0 unspecified atom stereocenters. The van der Waals surface area contributed by atoms with Gasteiger partial charge in [0.05, 0.1) is 29.1 Å². The number of rotatable bonds is 3. The van der Waals surface area contributed by atoms with Crippen LogP contribution in [0.25, 0.3) is 22.3 Å². The van der Waals surface area contributed by atoms with E-state index in [4.69, 9.17) is 4.98 Å². The summed E-state index contributed by atoms with van der Waals surface area (Å²) in [5, 5.41) is 0. The Labute approximate surface area is 140 Å². The highest BCUT2D eigenvalue weighted by atomic mass is 16.1. The molecule has 3 heterocycles. The van der Waals surface area contributed by atoms with Crippen LogP contribution in [0.5, 0.6) is 0 Å². The summed E-state index contributed by atoms with van der Waals surface area (Å²) in [5.41, 5.74) is 3.35. The molecule has 0 radical (unpaired) electrons. The first-order chi connectivity index (χ1) is 11.6. The van der Waals surface area contributed by atoms with E-state index in [1.807, 2.05) is 38.2 Å². The summed E-state index contributed by atoms with van der Waals surface area (Å²) in [7, 11) is 0. The van der Waals surface area contributed by atoms with Gasteiger partial charge in [0.1, 0.15) is 5.82 Å². The van der Waals surface area contributed by atoms with Crippen molar-refractivity contribution in [3.8, 4) is 11.3 Å². The lowest BCUT2D eigenvalue weighted by Crippen LogP contribution is -2.19. The van der Waals surface area contributed by atoms with Gasteiger partial charge < -0.3 is 9.88 Å². The number of hydrogen-bond donors (Lipinski definition) is 1. The summed E-state index contributed by atoms with van der Waals surface area (Å²) >= 11 is 0. The number of nitrogens with one attached hydrogen (secondary N) is 1. The number of aromatic amines is 1. The number of H-pyrrole nitrogens is 1. The van der Waals surface area contributed by atoms with Gasteiger partial charge in [-0.05, 0) is 32.8 Å². The summed E-state index contributed by atoms with van der Waals surface area (Å²) in [6, 6.07) is 6.02. The summed E-state index contributed by atoms with van der Waals surface area (Å²) in [6.07, 6.45) is 5.98. The van der Waals surface area contributed by atoms with Crippen molar-refractivity contribution in [2.45, 2.75) is 32.7 Å². The van der Waals surface area contributed by atoms with Gasteiger partial charge in [0.2, 0.25) is 0 Å². The third-order valence-electron chi connectivity index (χ3n) is 4.60. The van der Waals surface area contributed by atoms with Crippen molar-refractivity contribution in [2.24, 2.45) is 0 Å². The Morgan fingerprint density at radius 1 is 1.17 bits per heavy atom. The molecule has 0 atom stereocenters. The van der Waals surface area contributed by atoms with Crippen molar-refractivity contribution in [2.75, 3.05) is 18.0 Å². The fourth-order valence-electron chi connectivity index (χ4n) is 3.46. The van der Waals surface area contributed by atoms with Gasteiger partial charge in [0, 0.05) is 24.7 Å². The Bertz CT molecular complexity index is 934. The van der Waals surface area contributed by atoms with E-state index in [9.17, 15) is 4.79 Å². The Morgan fingerprint density at radius 2 is 1.96 bits per heavy atom. The SMILES string of the molecule is CC(C)n1c(=O)[nH]c2c(-c3cncc(N4CCCC4)n3)cccc21. The maximum atomic E-state index is 12.3. The van der Waals surface area contributed by atoms with E-state index >= 15 is 0 Å². The van der Waals surface area contributed by atoms with E-state index < -0.39 is 0 Å². The average Bonchev–Trinajstić information content (AvgIpc) is 3.21. The van der Waals surface area contributed by atoms with Gasteiger partial charge in [0.15, 0.2) is 0 Å². The fourth-order valence-corrected chi connectivity index (χ4v) is 3.46. The smallest absolute Gasteiger partial charge is 0.326 e. The average molecular weight is 323 g/mol. The van der Waals surface area contributed by atoms with Crippen molar-refractivity contribution in [1.82, 2.24) is 19.5 Å². The topological polar surface area (TPSA) is 66.8 Å². The molecule has 2 aromatic heterocycles. The molecule has 0 amide bonds. The third kappa shape index (κ3) is 2.38. The molecular weight excluding hydrogens is 302 g/mol. The number of hydrogen-bond acceptors (Lipinski definition) is 4. The molecule has 1 aliphatic rings. The molecule has 1 saturated heterocycles. The number of fused-ring (bicyclic) bond motifs is 1. The third-order valence-corrected chi connectivity index (χ3v) is 4.60. The van der Waals surface area contributed by atoms with Gasteiger partial charge >= 0.3 is 5.69 Å². The minimum atomic E-state index is -0.0869. The van der Waals surface area contributed by atoms with Crippen LogP contribution in [0.4, 0.5) is 5.82 Å². The van der Waals surface area contributed by atoms with E-state index in [0.29, 0.717) is 0 Å². The van der Waals surface area contributed by atoms with Gasteiger partial charge in [-0.3, -0.25) is 9.55 Å². The van der Waals surface area contributed by atoms with Crippen LogP contribution in [-0.4, -0.2) is 32.6 Å². The maximum absolute atomic E-state index is 12.3. The largest absolute Gasteiger partial charge is 0.355 e. The fraction of sp³-hybridized carbons (Fsp3) is 0.389. The molecule has 6 heteroatoms. The number of para-hydroxylation sites is 1. The van der Waals surface area contributed by atoms with Crippen LogP contribution in [0.3, 0.4) is 0 Å². The molecule has 1 N–H and O–H groups in total. The lowest BCUT2D eigenvalue weighted by Gasteiger charge is -2.16. The highest BCUT2D eigenvalue weighted by molar-refractivity contribution is 5.91. The number of aromatic nitrogens is 4. The molecule has 1 fully saturated rings. The van der Waals surface area contributed by atoms with Crippen LogP contribution >= 0.6 is 0 Å². The van der Waals surface area contributed by atoms with Crippen LogP contribution in [0, 0.1) is 0 Å². The summed E-state index contributed by atoms with van der Waals surface area (Å²) in [6.45, 7) is 6.08. The molecule has 3 aromatic rings. The zero-order valence-electron chi connectivity index (χ0n) is 14.0. The summed E-state index contributed by atoms with van der Waals surface area (Å²) < 4.78 is 1.77. The van der Waals surface area contributed by atoms with Gasteiger partial charge in [-0.1, -0.05) is 12.1 Å². The van der Waals surface area contributed by atoms with E-state index in [0.717, 1.165) is 41.2 Å². The Morgan fingerprint density at radius 3 is 2.71 bits per heavy atom. The second-order valence-electron chi connectivity index (χ2n) is 6.55. The molecule has 24 heavy (non-hydrogen) atoms. The van der Waals surface area contributed by atoms with E-state index in [1.54, 1.807) is 10.8 Å². The number of anilines is 1. The van der Waals surface area contributed by atoms with Gasteiger partial charge in [-0.25, -0.2) is 9.78 Å². The van der Waals surface area contributed by atoms with Crippen LogP contribution < -0.4 is 10.6 Å².